The molecule has 20 heavy (non-hydrogen) atoms. The van der Waals surface area contributed by atoms with Crippen molar-refractivity contribution in [2.45, 2.75) is 19.8 Å². The molecule has 0 aliphatic rings. The molecule has 5 nitrogen and oxygen atoms in total. The van der Waals surface area contributed by atoms with E-state index in [2.05, 4.69) is 5.32 Å². The third kappa shape index (κ3) is 4.67. The van der Waals surface area contributed by atoms with Crippen molar-refractivity contribution in [3.63, 3.8) is 0 Å². The van der Waals surface area contributed by atoms with Crippen molar-refractivity contribution in [1.82, 2.24) is 0 Å². The van der Waals surface area contributed by atoms with Gasteiger partial charge in [0.25, 0.3) is 0 Å². The van der Waals surface area contributed by atoms with Gasteiger partial charge in [0.05, 0.1) is 16.3 Å². The third-order valence-electron chi connectivity index (χ3n) is 2.82. The number of hydrogen-bond donors (Lipinski definition) is 3. The number of anilines is 1. The number of carboxylic acids is 1. The van der Waals surface area contributed by atoms with Crippen molar-refractivity contribution < 1.29 is 14.7 Å². The highest BCUT2D eigenvalue weighted by atomic mass is 35.5. The molecule has 0 saturated heterocycles. The van der Waals surface area contributed by atoms with Crippen LogP contribution in [0.4, 0.5) is 5.69 Å². The van der Waals surface area contributed by atoms with Crippen LogP contribution in [0.1, 0.15) is 30.1 Å². The molecule has 7 heteroatoms. The lowest BCUT2D eigenvalue weighted by Crippen LogP contribution is -2.18. The van der Waals surface area contributed by atoms with Gasteiger partial charge in [0, 0.05) is 11.4 Å². The first-order valence-corrected chi connectivity index (χ1v) is 6.83. The van der Waals surface area contributed by atoms with E-state index < -0.39 is 5.97 Å². The van der Waals surface area contributed by atoms with Gasteiger partial charge in [-0.3, -0.25) is 4.79 Å². The molecule has 0 spiro atoms. The number of aromatic carboxylic acids is 1. The summed E-state index contributed by atoms with van der Waals surface area (Å²) in [4.78, 5) is 22.9. The summed E-state index contributed by atoms with van der Waals surface area (Å²) in [6, 6.07) is 2.63. The lowest BCUT2D eigenvalue weighted by Gasteiger charge is -2.12. The van der Waals surface area contributed by atoms with Gasteiger partial charge in [-0.15, -0.1) is 0 Å². The average Bonchev–Trinajstić information content (AvgIpc) is 2.38. The molecule has 0 bridgehead atoms. The number of carboxylic acid groups (broad SMARTS) is 1. The van der Waals surface area contributed by atoms with Crippen LogP contribution in [-0.2, 0) is 4.79 Å². The summed E-state index contributed by atoms with van der Waals surface area (Å²) in [6.45, 7) is 2.43. The molecule has 0 heterocycles. The van der Waals surface area contributed by atoms with Gasteiger partial charge in [0.2, 0.25) is 5.91 Å². The molecule has 0 saturated carbocycles. The second-order valence-corrected chi connectivity index (χ2v) is 5.39. The zero-order chi connectivity index (χ0) is 15.3. The van der Waals surface area contributed by atoms with E-state index in [9.17, 15) is 9.59 Å². The fraction of sp³-hybridized carbons (Fsp3) is 0.385. The number of rotatable bonds is 6. The highest BCUT2D eigenvalue weighted by molar-refractivity contribution is 6.37. The number of carbonyl (C=O) groups excluding carboxylic acids is 1. The molecule has 1 aromatic carbocycles. The molecule has 0 aromatic heterocycles. The minimum atomic E-state index is -1.21. The first kappa shape index (κ1) is 16.8. The van der Waals surface area contributed by atoms with Crippen LogP contribution >= 0.6 is 23.2 Å². The van der Waals surface area contributed by atoms with E-state index in [4.69, 9.17) is 34.0 Å². The molecular weight excluding hydrogens is 303 g/mol. The standard InChI is InChI=1S/C13H16Cl2N2O3/c1-7(6-16)2-3-11(18)17-12-9(13(19)20)4-8(14)5-10(12)15/h4-5,7H,2-3,6,16H2,1H3,(H,17,18)(H,19,20). The summed E-state index contributed by atoms with van der Waals surface area (Å²) in [5.41, 5.74) is 5.40. The lowest BCUT2D eigenvalue weighted by molar-refractivity contribution is -0.116. The Balaban J connectivity index is 2.86. The number of benzene rings is 1. The average molecular weight is 319 g/mol. The molecule has 1 atom stereocenters. The normalized spacial score (nSPS) is 12.0. The van der Waals surface area contributed by atoms with Gasteiger partial charge in [-0.2, -0.15) is 0 Å². The van der Waals surface area contributed by atoms with E-state index in [0.29, 0.717) is 13.0 Å². The van der Waals surface area contributed by atoms with E-state index in [0.717, 1.165) is 0 Å². The van der Waals surface area contributed by atoms with Gasteiger partial charge in [-0.25, -0.2) is 4.79 Å². The molecule has 0 aliphatic carbocycles. The van der Waals surface area contributed by atoms with Gasteiger partial charge in [-0.1, -0.05) is 30.1 Å². The van der Waals surface area contributed by atoms with Crippen molar-refractivity contribution in [2.24, 2.45) is 11.7 Å². The van der Waals surface area contributed by atoms with Crippen molar-refractivity contribution in [1.29, 1.82) is 0 Å². The van der Waals surface area contributed by atoms with Crippen LogP contribution in [0.2, 0.25) is 10.0 Å². The highest BCUT2D eigenvalue weighted by Crippen LogP contribution is 2.30. The summed E-state index contributed by atoms with van der Waals surface area (Å²) < 4.78 is 0. The monoisotopic (exact) mass is 318 g/mol. The van der Waals surface area contributed by atoms with Crippen LogP contribution in [0.15, 0.2) is 12.1 Å². The SMILES string of the molecule is CC(CN)CCC(=O)Nc1c(Cl)cc(Cl)cc1C(=O)O. The maximum atomic E-state index is 11.8. The summed E-state index contributed by atoms with van der Waals surface area (Å²) in [5.74, 6) is -1.29. The number of carbonyl (C=O) groups is 2. The summed E-state index contributed by atoms with van der Waals surface area (Å²) in [7, 11) is 0. The van der Waals surface area contributed by atoms with E-state index >= 15 is 0 Å². The Morgan fingerprint density at radius 3 is 2.60 bits per heavy atom. The quantitative estimate of drug-likeness (QED) is 0.751. The minimum Gasteiger partial charge on any atom is -0.478 e. The number of halogens is 2. The van der Waals surface area contributed by atoms with Crippen molar-refractivity contribution >= 4 is 40.8 Å². The number of nitrogens with one attached hydrogen (secondary N) is 1. The summed E-state index contributed by atoms with van der Waals surface area (Å²) in [5, 5.41) is 11.9. The zero-order valence-electron chi connectivity index (χ0n) is 11.0. The molecular formula is C13H16Cl2N2O3. The van der Waals surface area contributed by atoms with Crippen LogP contribution in [0, 0.1) is 5.92 Å². The molecule has 1 aromatic rings. The van der Waals surface area contributed by atoms with Crippen LogP contribution in [0.5, 0.6) is 0 Å². The smallest absolute Gasteiger partial charge is 0.337 e. The van der Waals surface area contributed by atoms with Crippen LogP contribution in [0.3, 0.4) is 0 Å². The first-order valence-electron chi connectivity index (χ1n) is 6.07. The Morgan fingerprint density at radius 1 is 1.40 bits per heavy atom. The molecule has 110 valence electrons. The Labute approximate surface area is 127 Å². The summed E-state index contributed by atoms with van der Waals surface area (Å²) >= 11 is 11.7. The van der Waals surface area contributed by atoms with Crippen molar-refractivity contribution in [3.05, 3.63) is 27.7 Å². The maximum absolute atomic E-state index is 11.8. The molecule has 1 unspecified atom stereocenters. The molecule has 1 rings (SSSR count). The zero-order valence-corrected chi connectivity index (χ0v) is 12.5. The third-order valence-corrected chi connectivity index (χ3v) is 3.33. The van der Waals surface area contributed by atoms with Crippen molar-refractivity contribution in [3.8, 4) is 0 Å². The molecule has 0 radical (unpaired) electrons. The Kier molecular flexibility index (Phi) is 6.26. The van der Waals surface area contributed by atoms with Gasteiger partial charge in [0.15, 0.2) is 0 Å². The van der Waals surface area contributed by atoms with Gasteiger partial charge in [0.1, 0.15) is 0 Å². The van der Waals surface area contributed by atoms with Crippen LogP contribution in [0.25, 0.3) is 0 Å². The van der Waals surface area contributed by atoms with E-state index in [1.807, 2.05) is 6.92 Å². The molecule has 0 aliphatic heterocycles. The second-order valence-electron chi connectivity index (χ2n) is 4.54. The van der Waals surface area contributed by atoms with Crippen LogP contribution < -0.4 is 11.1 Å². The molecule has 1 amide bonds. The van der Waals surface area contributed by atoms with Crippen LogP contribution in [-0.4, -0.2) is 23.5 Å². The number of amides is 1. The van der Waals surface area contributed by atoms with E-state index in [1.165, 1.54) is 12.1 Å². The van der Waals surface area contributed by atoms with E-state index in [1.54, 1.807) is 0 Å². The minimum absolute atomic E-state index is 0.0639. The second kappa shape index (κ2) is 7.47. The Morgan fingerprint density at radius 2 is 2.05 bits per heavy atom. The van der Waals surface area contributed by atoms with Gasteiger partial charge >= 0.3 is 5.97 Å². The Hall–Kier alpha value is -1.30. The van der Waals surface area contributed by atoms with Gasteiger partial charge < -0.3 is 16.2 Å². The Bertz CT molecular complexity index is 521. The molecule has 0 fully saturated rings. The van der Waals surface area contributed by atoms with E-state index in [-0.39, 0.29) is 39.5 Å². The lowest BCUT2D eigenvalue weighted by atomic mass is 10.1. The fourth-order valence-electron chi connectivity index (χ4n) is 1.57. The predicted molar refractivity (Wildman–Crippen MR) is 79.5 cm³/mol. The first-order chi connectivity index (χ1) is 9.35. The summed E-state index contributed by atoms with van der Waals surface area (Å²) in [6.07, 6.45) is 0.867. The fourth-order valence-corrected chi connectivity index (χ4v) is 2.11. The highest BCUT2D eigenvalue weighted by Gasteiger charge is 2.17. The largest absolute Gasteiger partial charge is 0.478 e. The number of nitrogens with two attached hydrogens (primary N) is 1. The van der Waals surface area contributed by atoms with Crippen molar-refractivity contribution in [2.75, 3.05) is 11.9 Å². The topological polar surface area (TPSA) is 92.4 Å². The molecule has 4 N–H and O–H groups in total. The number of hydrogen-bond acceptors (Lipinski definition) is 3. The predicted octanol–water partition coefficient (Wildman–Crippen LogP) is 3.01. The maximum Gasteiger partial charge on any atom is 0.337 e. The van der Waals surface area contributed by atoms with Gasteiger partial charge in [-0.05, 0) is 31.0 Å².